The highest BCUT2D eigenvalue weighted by Gasteiger charge is 2.11. The number of nitriles is 1. The van der Waals surface area contributed by atoms with Crippen LogP contribution in [0.25, 0.3) is 10.9 Å². The molecule has 1 aromatic carbocycles. The topological polar surface area (TPSA) is 65.8 Å². The zero-order chi connectivity index (χ0) is 13.9. The molecule has 0 spiro atoms. The van der Waals surface area contributed by atoms with Gasteiger partial charge in [0.1, 0.15) is 16.8 Å². The maximum Gasteiger partial charge on any atom is 0.274 e. The first-order valence-corrected chi connectivity index (χ1v) is 6.80. The maximum absolute atomic E-state index is 12.1. The van der Waals surface area contributed by atoms with E-state index in [4.69, 9.17) is 5.26 Å². The first-order chi connectivity index (χ1) is 9.78. The van der Waals surface area contributed by atoms with Crippen LogP contribution in [-0.2, 0) is 0 Å². The van der Waals surface area contributed by atoms with E-state index in [0.29, 0.717) is 16.3 Å². The van der Waals surface area contributed by atoms with Crippen LogP contribution in [0.5, 0.6) is 0 Å². The molecule has 0 unspecified atom stereocenters. The largest absolute Gasteiger partial charge is 0.311 e. The van der Waals surface area contributed by atoms with E-state index < -0.39 is 0 Å². The van der Waals surface area contributed by atoms with Gasteiger partial charge in [-0.1, -0.05) is 24.3 Å². The van der Waals surface area contributed by atoms with Crippen molar-refractivity contribution in [3.63, 3.8) is 0 Å². The van der Waals surface area contributed by atoms with Crippen molar-refractivity contribution in [2.24, 2.45) is 0 Å². The number of anilines is 1. The Labute approximate surface area is 119 Å². The van der Waals surface area contributed by atoms with Gasteiger partial charge >= 0.3 is 0 Å². The summed E-state index contributed by atoms with van der Waals surface area (Å²) in [7, 11) is 0. The number of hydrogen-bond acceptors (Lipinski definition) is 4. The average molecular weight is 279 g/mol. The van der Waals surface area contributed by atoms with Crippen molar-refractivity contribution >= 4 is 33.1 Å². The molecule has 0 aliphatic heterocycles. The van der Waals surface area contributed by atoms with Crippen molar-refractivity contribution in [3.8, 4) is 6.07 Å². The van der Waals surface area contributed by atoms with Gasteiger partial charge in [0.2, 0.25) is 0 Å². The lowest BCUT2D eigenvalue weighted by molar-refractivity contribution is 0.102. The molecule has 3 aromatic rings. The number of carbonyl (C=O) groups is 1. The summed E-state index contributed by atoms with van der Waals surface area (Å²) in [6.07, 6.45) is 0. The van der Waals surface area contributed by atoms with Gasteiger partial charge < -0.3 is 5.32 Å². The minimum Gasteiger partial charge on any atom is -0.311 e. The fraction of sp³-hybridized carbons (Fsp3) is 0. The van der Waals surface area contributed by atoms with Gasteiger partial charge in [-0.2, -0.15) is 5.26 Å². The summed E-state index contributed by atoms with van der Waals surface area (Å²) < 4.78 is 0. The molecule has 0 bridgehead atoms. The van der Waals surface area contributed by atoms with Crippen molar-refractivity contribution in [3.05, 3.63) is 59.1 Å². The quantitative estimate of drug-likeness (QED) is 0.781. The van der Waals surface area contributed by atoms with E-state index in [1.54, 1.807) is 17.5 Å². The van der Waals surface area contributed by atoms with E-state index in [9.17, 15) is 4.79 Å². The molecule has 5 heteroatoms. The lowest BCUT2D eigenvalue weighted by Gasteiger charge is -2.04. The number of thiophene rings is 1. The third-order valence-electron chi connectivity index (χ3n) is 2.84. The van der Waals surface area contributed by atoms with Gasteiger partial charge in [0, 0.05) is 5.39 Å². The Morgan fingerprint density at radius 2 is 2.05 bits per heavy atom. The highest BCUT2D eigenvalue weighted by Crippen LogP contribution is 2.23. The van der Waals surface area contributed by atoms with E-state index in [2.05, 4.69) is 10.3 Å². The predicted molar refractivity (Wildman–Crippen MR) is 78.7 cm³/mol. The highest BCUT2D eigenvalue weighted by atomic mass is 32.1. The monoisotopic (exact) mass is 279 g/mol. The molecule has 0 fully saturated rings. The van der Waals surface area contributed by atoms with E-state index in [1.807, 2.05) is 36.4 Å². The van der Waals surface area contributed by atoms with E-state index in [0.717, 1.165) is 10.9 Å². The molecule has 0 atom stereocenters. The Hall–Kier alpha value is -2.71. The van der Waals surface area contributed by atoms with Crippen LogP contribution in [0, 0.1) is 11.3 Å². The Bertz CT molecular complexity index is 832. The Balaban J connectivity index is 1.91. The molecule has 0 aliphatic rings. The molecular weight excluding hydrogens is 270 g/mol. The summed E-state index contributed by atoms with van der Waals surface area (Å²) in [5.41, 5.74) is 1.57. The minimum absolute atomic E-state index is 0.310. The fourth-order valence-electron chi connectivity index (χ4n) is 1.85. The molecule has 4 nitrogen and oxygen atoms in total. The third kappa shape index (κ3) is 2.25. The van der Waals surface area contributed by atoms with E-state index in [1.165, 1.54) is 11.3 Å². The van der Waals surface area contributed by atoms with E-state index >= 15 is 0 Å². The minimum atomic E-state index is -0.310. The van der Waals surface area contributed by atoms with Gasteiger partial charge in [-0.05, 0) is 23.6 Å². The lowest BCUT2D eigenvalue weighted by Crippen LogP contribution is -2.13. The SMILES string of the molecule is N#Cc1ccsc1NC(=O)c1ccc2ccccc2n1. The standard InChI is InChI=1S/C15H9N3OS/c16-9-11-7-8-20-15(11)18-14(19)13-6-5-10-3-1-2-4-12(10)17-13/h1-8H,(H,18,19). The van der Waals surface area contributed by atoms with Crippen LogP contribution in [0.1, 0.15) is 16.1 Å². The van der Waals surface area contributed by atoms with Crippen LogP contribution in [-0.4, -0.2) is 10.9 Å². The number of amides is 1. The molecule has 20 heavy (non-hydrogen) atoms. The summed E-state index contributed by atoms with van der Waals surface area (Å²) in [4.78, 5) is 16.5. The summed E-state index contributed by atoms with van der Waals surface area (Å²) in [6.45, 7) is 0. The second-order valence-corrected chi connectivity index (χ2v) is 5.03. The van der Waals surface area contributed by atoms with Crippen LogP contribution in [0.15, 0.2) is 47.8 Å². The summed E-state index contributed by atoms with van der Waals surface area (Å²) in [5, 5.41) is 14.9. The smallest absolute Gasteiger partial charge is 0.274 e. The lowest BCUT2D eigenvalue weighted by atomic mass is 10.2. The number of fused-ring (bicyclic) bond motifs is 1. The van der Waals surface area contributed by atoms with Crippen LogP contribution in [0.4, 0.5) is 5.00 Å². The molecule has 3 rings (SSSR count). The molecule has 1 N–H and O–H groups in total. The number of nitrogens with one attached hydrogen (secondary N) is 1. The van der Waals surface area contributed by atoms with Crippen LogP contribution >= 0.6 is 11.3 Å². The van der Waals surface area contributed by atoms with Gasteiger partial charge in [-0.15, -0.1) is 11.3 Å². The first-order valence-electron chi connectivity index (χ1n) is 5.92. The second-order valence-electron chi connectivity index (χ2n) is 4.12. The number of nitrogens with zero attached hydrogens (tertiary/aromatic N) is 2. The molecule has 1 amide bonds. The normalized spacial score (nSPS) is 10.2. The van der Waals surface area contributed by atoms with Crippen molar-refractivity contribution in [1.82, 2.24) is 4.98 Å². The molecule has 2 aromatic heterocycles. The molecule has 2 heterocycles. The highest BCUT2D eigenvalue weighted by molar-refractivity contribution is 7.14. The van der Waals surface area contributed by atoms with Crippen molar-refractivity contribution < 1.29 is 4.79 Å². The summed E-state index contributed by atoms with van der Waals surface area (Å²) in [5.74, 6) is -0.310. The summed E-state index contributed by atoms with van der Waals surface area (Å²) in [6, 6.07) is 14.9. The number of hydrogen-bond donors (Lipinski definition) is 1. The van der Waals surface area contributed by atoms with Crippen LogP contribution in [0.3, 0.4) is 0 Å². The van der Waals surface area contributed by atoms with Gasteiger partial charge in [0.25, 0.3) is 5.91 Å². The Kier molecular flexibility index (Phi) is 3.15. The second kappa shape index (κ2) is 5.11. The molecule has 0 saturated heterocycles. The predicted octanol–water partition coefficient (Wildman–Crippen LogP) is 3.42. The number of para-hydroxylation sites is 1. The Morgan fingerprint density at radius 1 is 1.20 bits per heavy atom. The van der Waals surface area contributed by atoms with Gasteiger partial charge in [0.15, 0.2) is 0 Å². The first kappa shape index (κ1) is 12.3. The maximum atomic E-state index is 12.1. The summed E-state index contributed by atoms with van der Waals surface area (Å²) >= 11 is 1.32. The van der Waals surface area contributed by atoms with Crippen LogP contribution < -0.4 is 5.32 Å². The number of rotatable bonds is 2. The zero-order valence-corrected chi connectivity index (χ0v) is 11.1. The van der Waals surface area contributed by atoms with Crippen molar-refractivity contribution in [1.29, 1.82) is 5.26 Å². The number of benzene rings is 1. The fourth-order valence-corrected chi connectivity index (χ4v) is 2.59. The third-order valence-corrected chi connectivity index (χ3v) is 3.67. The average Bonchev–Trinajstić information content (AvgIpc) is 2.94. The number of aromatic nitrogens is 1. The molecule has 0 saturated carbocycles. The van der Waals surface area contributed by atoms with Gasteiger partial charge in [0.05, 0.1) is 11.1 Å². The molecule has 0 radical (unpaired) electrons. The van der Waals surface area contributed by atoms with Crippen molar-refractivity contribution in [2.45, 2.75) is 0 Å². The molecular formula is C15H9N3OS. The van der Waals surface area contributed by atoms with Gasteiger partial charge in [-0.3, -0.25) is 4.79 Å². The molecule has 0 aliphatic carbocycles. The molecule has 96 valence electrons. The van der Waals surface area contributed by atoms with Crippen LogP contribution in [0.2, 0.25) is 0 Å². The number of pyridine rings is 1. The van der Waals surface area contributed by atoms with E-state index in [-0.39, 0.29) is 5.91 Å². The Morgan fingerprint density at radius 3 is 2.90 bits per heavy atom. The van der Waals surface area contributed by atoms with Gasteiger partial charge in [-0.25, -0.2) is 4.98 Å². The zero-order valence-electron chi connectivity index (χ0n) is 10.3. The number of carbonyl (C=O) groups excluding carboxylic acids is 1. The van der Waals surface area contributed by atoms with Crippen molar-refractivity contribution in [2.75, 3.05) is 5.32 Å².